The van der Waals surface area contributed by atoms with Crippen LogP contribution in [0.15, 0.2) is 35.2 Å². The van der Waals surface area contributed by atoms with Crippen molar-refractivity contribution in [2.75, 3.05) is 4.72 Å². The van der Waals surface area contributed by atoms with Crippen LogP contribution in [-0.2, 0) is 10.0 Å². The van der Waals surface area contributed by atoms with E-state index in [2.05, 4.69) is 4.72 Å². The Kier molecular flexibility index (Phi) is 4.73. The molecule has 0 aliphatic rings. The molecule has 0 unspecified atom stereocenters. The molecular weight excluding hydrogens is 353 g/mol. The minimum Gasteiger partial charge on any atom is -0.280 e. The molecule has 0 heterocycles. The number of anilines is 1. The normalized spacial score (nSPS) is 11.5. The molecule has 0 amide bonds. The van der Waals surface area contributed by atoms with Gasteiger partial charge in [0.15, 0.2) is 0 Å². The predicted octanol–water partition coefficient (Wildman–Crippen LogP) is 5.06. The summed E-state index contributed by atoms with van der Waals surface area (Å²) in [4.78, 5) is -0.113. The third kappa shape index (κ3) is 3.83. The Balaban J connectivity index is 2.45. The second-order valence-corrected chi connectivity index (χ2v) is 7.55. The highest BCUT2D eigenvalue weighted by Crippen LogP contribution is 2.32. The molecule has 0 radical (unpaired) electrons. The minimum atomic E-state index is -3.84. The van der Waals surface area contributed by atoms with Gasteiger partial charge in [0.05, 0.1) is 15.1 Å². The minimum absolute atomic E-state index is 0.0151. The number of sulfonamides is 1. The van der Waals surface area contributed by atoms with Crippen molar-refractivity contribution in [3.05, 3.63) is 56.5 Å². The van der Waals surface area contributed by atoms with Crippen LogP contribution in [0, 0.1) is 13.8 Å². The van der Waals surface area contributed by atoms with Gasteiger partial charge in [0.1, 0.15) is 4.90 Å². The molecule has 0 saturated carbocycles. The first-order valence-corrected chi connectivity index (χ1v) is 8.56. The molecular formula is C14H12Cl3NO2S. The predicted molar refractivity (Wildman–Crippen MR) is 88.2 cm³/mol. The van der Waals surface area contributed by atoms with Gasteiger partial charge in [0.25, 0.3) is 10.0 Å². The zero-order chi connectivity index (χ0) is 15.8. The molecule has 0 fully saturated rings. The fourth-order valence-electron chi connectivity index (χ4n) is 1.95. The third-order valence-electron chi connectivity index (χ3n) is 2.74. The smallest absolute Gasteiger partial charge is 0.263 e. The van der Waals surface area contributed by atoms with Crippen LogP contribution in [0.3, 0.4) is 0 Å². The summed E-state index contributed by atoms with van der Waals surface area (Å²) in [6, 6.07) is 7.95. The number of halogens is 3. The van der Waals surface area contributed by atoms with Gasteiger partial charge >= 0.3 is 0 Å². The molecule has 7 heteroatoms. The maximum atomic E-state index is 12.4. The molecule has 0 atom stereocenters. The average Bonchev–Trinajstić information content (AvgIpc) is 2.31. The summed E-state index contributed by atoms with van der Waals surface area (Å²) < 4.78 is 27.3. The van der Waals surface area contributed by atoms with E-state index in [4.69, 9.17) is 34.8 Å². The molecule has 0 aromatic heterocycles. The first-order valence-electron chi connectivity index (χ1n) is 5.95. The van der Waals surface area contributed by atoms with E-state index in [9.17, 15) is 8.42 Å². The Morgan fingerprint density at radius 2 is 1.33 bits per heavy atom. The fraction of sp³-hybridized carbons (Fsp3) is 0.143. The number of hydrogen-bond acceptors (Lipinski definition) is 2. The second-order valence-electron chi connectivity index (χ2n) is 4.68. The topological polar surface area (TPSA) is 46.2 Å². The fourth-order valence-corrected chi connectivity index (χ4v) is 4.00. The summed E-state index contributed by atoms with van der Waals surface area (Å²) in [7, 11) is -3.84. The molecule has 2 rings (SSSR count). The van der Waals surface area contributed by atoms with E-state index in [1.165, 1.54) is 12.1 Å². The molecule has 0 spiro atoms. The van der Waals surface area contributed by atoms with Crippen LogP contribution >= 0.6 is 34.8 Å². The third-order valence-corrected chi connectivity index (χ3v) is 5.31. The lowest BCUT2D eigenvalue weighted by molar-refractivity contribution is 0.601. The highest BCUT2D eigenvalue weighted by molar-refractivity contribution is 7.92. The lowest BCUT2D eigenvalue weighted by atomic mass is 10.1. The van der Waals surface area contributed by atoms with E-state index in [1.54, 1.807) is 12.1 Å². The molecule has 2 aromatic carbocycles. The van der Waals surface area contributed by atoms with E-state index in [0.29, 0.717) is 5.69 Å². The van der Waals surface area contributed by atoms with Crippen molar-refractivity contribution in [2.24, 2.45) is 0 Å². The Morgan fingerprint density at radius 1 is 0.810 bits per heavy atom. The maximum absolute atomic E-state index is 12.4. The van der Waals surface area contributed by atoms with E-state index in [-0.39, 0.29) is 20.0 Å². The summed E-state index contributed by atoms with van der Waals surface area (Å²) in [5.41, 5.74) is 2.37. The van der Waals surface area contributed by atoms with Crippen molar-refractivity contribution in [3.8, 4) is 0 Å². The van der Waals surface area contributed by atoms with Crippen molar-refractivity contribution in [3.63, 3.8) is 0 Å². The molecule has 1 N–H and O–H groups in total. The molecule has 21 heavy (non-hydrogen) atoms. The standard InChI is InChI=1S/C14H12Cl3NO2S/c1-8-3-9(2)5-10(4-8)18-21(19,20)14-7-12(16)11(15)6-13(14)17/h3-7,18H,1-2H3. The van der Waals surface area contributed by atoms with Gasteiger partial charge in [-0.25, -0.2) is 8.42 Å². The number of benzene rings is 2. The van der Waals surface area contributed by atoms with Crippen LogP contribution in [0.5, 0.6) is 0 Å². The maximum Gasteiger partial charge on any atom is 0.263 e. The van der Waals surface area contributed by atoms with Crippen LogP contribution < -0.4 is 4.72 Å². The highest BCUT2D eigenvalue weighted by atomic mass is 35.5. The number of nitrogens with one attached hydrogen (secondary N) is 1. The Labute approximate surface area is 138 Å². The van der Waals surface area contributed by atoms with Gasteiger partial charge < -0.3 is 0 Å². The molecule has 0 saturated heterocycles. The first kappa shape index (κ1) is 16.4. The van der Waals surface area contributed by atoms with Gasteiger partial charge in [-0.3, -0.25) is 4.72 Å². The quantitative estimate of drug-likeness (QED) is 0.773. The lowest BCUT2D eigenvalue weighted by Gasteiger charge is -2.11. The molecule has 112 valence electrons. The summed E-state index contributed by atoms with van der Waals surface area (Å²) in [5, 5.41) is 0.343. The van der Waals surface area contributed by atoms with Crippen molar-refractivity contribution >= 4 is 50.5 Å². The monoisotopic (exact) mass is 363 g/mol. The highest BCUT2D eigenvalue weighted by Gasteiger charge is 2.20. The zero-order valence-electron chi connectivity index (χ0n) is 11.2. The molecule has 0 aliphatic heterocycles. The van der Waals surface area contributed by atoms with Gasteiger partial charge in [0, 0.05) is 5.69 Å². The summed E-state index contributed by atoms with van der Waals surface area (Å²) in [6.45, 7) is 3.77. The van der Waals surface area contributed by atoms with Crippen LogP contribution in [0.1, 0.15) is 11.1 Å². The van der Waals surface area contributed by atoms with Gasteiger partial charge in [0.2, 0.25) is 0 Å². The number of aryl methyl sites for hydroxylation is 2. The number of rotatable bonds is 3. The van der Waals surface area contributed by atoms with Gasteiger partial charge in [-0.15, -0.1) is 0 Å². The number of hydrogen-bond donors (Lipinski definition) is 1. The van der Waals surface area contributed by atoms with E-state index >= 15 is 0 Å². The lowest BCUT2D eigenvalue weighted by Crippen LogP contribution is -2.13. The van der Waals surface area contributed by atoms with Crippen molar-refractivity contribution in [1.82, 2.24) is 0 Å². The second kappa shape index (κ2) is 6.05. The molecule has 0 bridgehead atoms. The van der Waals surface area contributed by atoms with Crippen LogP contribution in [0.4, 0.5) is 5.69 Å². The van der Waals surface area contributed by atoms with Crippen molar-refractivity contribution < 1.29 is 8.42 Å². The van der Waals surface area contributed by atoms with Crippen molar-refractivity contribution in [1.29, 1.82) is 0 Å². The van der Waals surface area contributed by atoms with Crippen LogP contribution in [-0.4, -0.2) is 8.42 Å². The van der Waals surface area contributed by atoms with Gasteiger partial charge in [-0.05, 0) is 49.2 Å². The van der Waals surface area contributed by atoms with E-state index in [0.717, 1.165) is 11.1 Å². The Morgan fingerprint density at radius 3 is 1.90 bits per heavy atom. The van der Waals surface area contributed by atoms with Crippen LogP contribution in [0.2, 0.25) is 15.1 Å². The van der Waals surface area contributed by atoms with Crippen LogP contribution in [0.25, 0.3) is 0 Å². The summed E-state index contributed by atoms with van der Waals surface area (Å²) in [6.07, 6.45) is 0. The molecule has 0 aliphatic carbocycles. The van der Waals surface area contributed by atoms with Crippen molar-refractivity contribution in [2.45, 2.75) is 18.7 Å². The zero-order valence-corrected chi connectivity index (χ0v) is 14.3. The van der Waals surface area contributed by atoms with E-state index in [1.807, 2.05) is 19.9 Å². The summed E-state index contributed by atoms with van der Waals surface area (Å²) in [5.74, 6) is 0. The Hall–Kier alpha value is -0.940. The SMILES string of the molecule is Cc1cc(C)cc(NS(=O)(=O)c2cc(Cl)c(Cl)cc2Cl)c1. The average molecular weight is 365 g/mol. The van der Waals surface area contributed by atoms with Gasteiger partial charge in [-0.1, -0.05) is 40.9 Å². The summed E-state index contributed by atoms with van der Waals surface area (Å²) >= 11 is 17.6. The largest absolute Gasteiger partial charge is 0.280 e. The van der Waals surface area contributed by atoms with Gasteiger partial charge in [-0.2, -0.15) is 0 Å². The molecule has 3 nitrogen and oxygen atoms in total. The Bertz CT molecular complexity index is 784. The van der Waals surface area contributed by atoms with E-state index < -0.39 is 10.0 Å². The first-order chi connectivity index (χ1) is 9.69. The molecule has 2 aromatic rings.